The van der Waals surface area contributed by atoms with Crippen LogP contribution in [-0.2, 0) is 27.5 Å². The van der Waals surface area contributed by atoms with Crippen molar-refractivity contribution in [1.29, 1.82) is 0 Å². The Hall–Kier alpha value is -0.0231. The van der Waals surface area contributed by atoms with Crippen LogP contribution >= 0.6 is 0 Å². The van der Waals surface area contributed by atoms with Crippen LogP contribution in [0.2, 0.25) is 6.04 Å². The van der Waals surface area contributed by atoms with E-state index >= 15 is 0 Å². The molecule has 7 heteroatoms. The van der Waals surface area contributed by atoms with Gasteiger partial charge in [0.15, 0.2) is 0 Å². The number of hydrogen-bond donors (Lipinski definition) is 0. The molecule has 0 N–H and O–H groups in total. The van der Waals surface area contributed by atoms with Crippen LogP contribution in [0.5, 0.6) is 0 Å². The summed E-state index contributed by atoms with van der Waals surface area (Å²) in [6.45, 7) is 15.6. The van der Waals surface area contributed by atoms with Crippen LogP contribution in [0.1, 0.15) is 119 Å². The maximum atomic E-state index is 7.07. The normalized spacial score (nSPS) is 16.8. The molecular formula is C27H56O6Si. The van der Waals surface area contributed by atoms with Gasteiger partial charge >= 0.3 is 8.80 Å². The minimum atomic E-state index is -2.79. The Morgan fingerprint density at radius 3 is 1.71 bits per heavy atom. The molecular weight excluding hydrogens is 448 g/mol. The largest absolute Gasteiger partial charge is 0.501 e. The van der Waals surface area contributed by atoms with Crippen LogP contribution in [0.25, 0.3) is 0 Å². The Bertz CT molecular complexity index is 445. The van der Waals surface area contributed by atoms with Gasteiger partial charge in [-0.1, -0.05) is 59.3 Å². The van der Waals surface area contributed by atoms with Crippen molar-refractivity contribution in [2.45, 2.75) is 137 Å². The summed E-state index contributed by atoms with van der Waals surface area (Å²) in [5.41, 5.74) is 0. The first-order chi connectivity index (χ1) is 16.5. The van der Waals surface area contributed by atoms with Crippen molar-refractivity contribution in [3.8, 4) is 0 Å². The van der Waals surface area contributed by atoms with Crippen molar-refractivity contribution in [2.75, 3.05) is 33.0 Å². The quantitative estimate of drug-likeness (QED) is 0.0865. The van der Waals surface area contributed by atoms with Gasteiger partial charge in [0.1, 0.15) is 0 Å². The molecule has 34 heavy (non-hydrogen) atoms. The molecule has 1 unspecified atom stereocenters. The second-order valence-electron chi connectivity index (χ2n) is 9.41. The van der Waals surface area contributed by atoms with E-state index in [2.05, 4.69) is 20.8 Å². The molecule has 204 valence electrons. The van der Waals surface area contributed by atoms with E-state index in [1.165, 1.54) is 32.1 Å². The van der Waals surface area contributed by atoms with Gasteiger partial charge in [-0.25, -0.2) is 0 Å². The molecule has 0 radical (unpaired) electrons. The molecule has 0 spiro atoms. The minimum Gasteiger partial charge on any atom is -0.373 e. The third-order valence-electron chi connectivity index (χ3n) is 6.53. The summed E-state index contributed by atoms with van der Waals surface area (Å²) in [5.74, 6) is -0.486. The third kappa shape index (κ3) is 11.8. The monoisotopic (exact) mass is 504 g/mol. The van der Waals surface area contributed by atoms with Gasteiger partial charge in [0, 0.05) is 45.5 Å². The second-order valence-corrected chi connectivity index (χ2v) is 12.1. The fraction of sp³-hybridized carbons (Fsp3) is 1.00. The summed E-state index contributed by atoms with van der Waals surface area (Å²) < 4.78 is 38.3. The summed E-state index contributed by atoms with van der Waals surface area (Å²) in [4.78, 5) is 0. The minimum absolute atomic E-state index is 0.0718. The summed E-state index contributed by atoms with van der Waals surface area (Å²) in [6, 6.07) is 0.872. The van der Waals surface area contributed by atoms with Crippen molar-refractivity contribution < 1.29 is 27.5 Å². The van der Waals surface area contributed by atoms with Gasteiger partial charge in [-0.05, 0) is 58.8 Å². The smallest absolute Gasteiger partial charge is 0.373 e. The molecule has 0 aliphatic heterocycles. The molecule has 0 aromatic rings. The Balaban J connectivity index is 3.13. The van der Waals surface area contributed by atoms with E-state index in [-0.39, 0.29) is 6.10 Å². The van der Waals surface area contributed by atoms with Crippen molar-refractivity contribution >= 4 is 8.80 Å². The Morgan fingerprint density at radius 1 is 0.735 bits per heavy atom. The lowest BCUT2D eigenvalue weighted by Gasteiger charge is -2.40. The Morgan fingerprint density at radius 2 is 1.26 bits per heavy atom. The van der Waals surface area contributed by atoms with E-state index in [1.807, 2.05) is 20.8 Å². The van der Waals surface area contributed by atoms with Crippen LogP contribution in [0.3, 0.4) is 0 Å². The molecule has 0 amide bonds. The number of rotatable bonds is 22. The second kappa shape index (κ2) is 19.1. The van der Waals surface area contributed by atoms with E-state index in [0.717, 1.165) is 44.6 Å². The van der Waals surface area contributed by atoms with Crippen LogP contribution in [0.15, 0.2) is 0 Å². The van der Waals surface area contributed by atoms with Gasteiger partial charge in [-0.15, -0.1) is 0 Å². The summed E-state index contributed by atoms with van der Waals surface area (Å²) in [7, 11) is -2.79. The highest BCUT2D eigenvalue weighted by molar-refractivity contribution is 6.60. The molecule has 1 fully saturated rings. The highest BCUT2D eigenvalue weighted by Gasteiger charge is 2.45. The average molecular weight is 505 g/mol. The van der Waals surface area contributed by atoms with Crippen molar-refractivity contribution in [3.05, 3.63) is 0 Å². The fourth-order valence-electron chi connectivity index (χ4n) is 4.81. The first-order valence-corrected chi connectivity index (χ1v) is 16.3. The van der Waals surface area contributed by atoms with Crippen molar-refractivity contribution in [3.63, 3.8) is 0 Å². The van der Waals surface area contributed by atoms with Gasteiger partial charge < -0.3 is 27.5 Å². The fourth-order valence-corrected chi connectivity index (χ4v) is 7.73. The molecule has 1 atom stereocenters. The van der Waals surface area contributed by atoms with E-state index in [0.29, 0.717) is 45.4 Å². The van der Waals surface area contributed by atoms with Gasteiger partial charge in [0.2, 0.25) is 0 Å². The lowest BCUT2D eigenvalue weighted by atomic mass is 9.83. The summed E-state index contributed by atoms with van der Waals surface area (Å²) in [6.07, 6.45) is 13.1. The average Bonchev–Trinajstić information content (AvgIpc) is 2.83. The first-order valence-electron chi connectivity index (χ1n) is 14.4. The zero-order chi connectivity index (χ0) is 25.1. The van der Waals surface area contributed by atoms with E-state index in [4.69, 9.17) is 27.5 Å². The van der Waals surface area contributed by atoms with E-state index < -0.39 is 14.8 Å². The molecule has 0 bridgehead atoms. The maximum absolute atomic E-state index is 7.07. The van der Waals surface area contributed by atoms with Gasteiger partial charge in [0.25, 0.3) is 5.97 Å². The van der Waals surface area contributed by atoms with Crippen LogP contribution in [0.4, 0.5) is 0 Å². The molecule has 1 rings (SSSR count). The van der Waals surface area contributed by atoms with Crippen molar-refractivity contribution in [2.24, 2.45) is 5.92 Å². The van der Waals surface area contributed by atoms with E-state index in [9.17, 15) is 0 Å². The molecule has 0 saturated heterocycles. The predicted molar refractivity (Wildman–Crippen MR) is 141 cm³/mol. The van der Waals surface area contributed by atoms with Crippen LogP contribution in [-0.4, -0.2) is 53.9 Å². The topological polar surface area (TPSA) is 55.4 Å². The number of hydrogen-bond acceptors (Lipinski definition) is 6. The molecule has 1 aliphatic carbocycles. The summed E-state index contributed by atoms with van der Waals surface area (Å²) >= 11 is 0. The number of unbranched alkanes of at least 4 members (excludes halogenated alkanes) is 2. The van der Waals surface area contributed by atoms with Crippen LogP contribution in [0, 0.1) is 5.92 Å². The standard InChI is InChI=1S/C27H56O6Si/c1-7-13-22-31-34(24-9-3,32-23-14-8-2)33-26(25-18-16-15-17-19-25)20-21-27(28-10-4,29-11-5)30-12-6/h25-26H,7-24H2,1-6H3. The molecule has 0 aromatic carbocycles. The lowest BCUT2D eigenvalue weighted by Crippen LogP contribution is -2.51. The highest BCUT2D eigenvalue weighted by atomic mass is 28.4. The molecule has 1 aliphatic rings. The Labute approximate surface area is 212 Å². The molecule has 1 saturated carbocycles. The zero-order valence-corrected chi connectivity index (χ0v) is 24.3. The molecule has 6 nitrogen and oxygen atoms in total. The first kappa shape index (κ1) is 32.0. The zero-order valence-electron chi connectivity index (χ0n) is 23.3. The van der Waals surface area contributed by atoms with Gasteiger partial charge in [-0.3, -0.25) is 0 Å². The maximum Gasteiger partial charge on any atom is 0.501 e. The third-order valence-corrected chi connectivity index (χ3v) is 9.59. The lowest BCUT2D eigenvalue weighted by molar-refractivity contribution is -0.381. The summed E-state index contributed by atoms with van der Waals surface area (Å²) in [5, 5.41) is 0. The van der Waals surface area contributed by atoms with Crippen LogP contribution < -0.4 is 0 Å². The predicted octanol–water partition coefficient (Wildman–Crippen LogP) is 7.48. The number of ether oxygens (including phenoxy) is 3. The molecule has 0 aromatic heterocycles. The van der Waals surface area contributed by atoms with E-state index in [1.54, 1.807) is 0 Å². The highest BCUT2D eigenvalue weighted by Crippen LogP contribution is 2.35. The Kier molecular flexibility index (Phi) is 18.0. The SMILES string of the molecule is CCCCO[Si](CCC)(OCCCC)OC(CCC(OCC)(OCC)OCC)C1CCCCC1. The van der Waals surface area contributed by atoms with Crippen molar-refractivity contribution in [1.82, 2.24) is 0 Å². The van der Waals surface area contributed by atoms with Gasteiger partial charge in [-0.2, -0.15) is 0 Å². The molecule has 0 heterocycles. The van der Waals surface area contributed by atoms with Gasteiger partial charge in [0.05, 0.1) is 6.10 Å².